The van der Waals surface area contributed by atoms with Crippen molar-refractivity contribution in [2.75, 3.05) is 16.3 Å². The van der Waals surface area contributed by atoms with Crippen LogP contribution in [-0.4, -0.2) is 35.7 Å². The number of nitro groups is 1. The number of hydrogen-bond donors (Lipinski definition) is 4. The minimum atomic E-state index is -3.61. The summed E-state index contributed by atoms with van der Waals surface area (Å²) >= 11 is 5.73. The average molecular weight is 402 g/mol. The summed E-state index contributed by atoms with van der Waals surface area (Å²) in [6, 6.07) is 5.36. The van der Waals surface area contributed by atoms with E-state index in [2.05, 4.69) is 10.0 Å². The smallest absolute Gasteiger partial charge is 0.314 e. The summed E-state index contributed by atoms with van der Waals surface area (Å²) in [5, 5.41) is 32.7. The van der Waals surface area contributed by atoms with Gasteiger partial charge in [0, 0.05) is 16.8 Å². The van der Waals surface area contributed by atoms with Gasteiger partial charge in [0.2, 0.25) is 15.8 Å². The van der Waals surface area contributed by atoms with Gasteiger partial charge < -0.3 is 15.5 Å². The summed E-state index contributed by atoms with van der Waals surface area (Å²) in [4.78, 5) is 22.3. The Labute approximate surface area is 152 Å². The quantitative estimate of drug-likeness (QED) is 0.259. The minimum Gasteiger partial charge on any atom is -0.507 e. The Hall–Kier alpha value is -3.05. The molecule has 0 bridgehead atoms. The number of carbonyl (C=O) groups excluding carboxylic acids is 1. The molecule has 0 atom stereocenters. The SMILES string of the molecule is CS(=O)(=O)Nc1ccc(O)c(C(=O)Nc2cc(Cl)cc([N+](=O)[O-])c2O)c1. The van der Waals surface area contributed by atoms with Crippen LogP contribution in [0.2, 0.25) is 5.02 Å². The molecule has 0 aliphatic heterocycles. The van der Waals surface area contributed by atoms with Crippen molar-refractivity contribution < 1.29 is 28.3 Å². The van der Waals surface area contributed by atoms with E-state index in [1.165, 1.54) is 6.07 Å². The Balaban J connectivity index is 2.39. The number of nitro benzene ring substituents is 1. The van der Waals surface area contributed by atoms with Crippen LogP contribution >= 0.6 is 11.6 Å². The molecule has 12 heteroatoms. The lowest BCUT2D eigenvalue weighted by Crippen LogP contribution is -2.14. The minimum absolute atomic E-state index is 0.0109. The molecule has 2 aromatic rings. The van der Waals surface area contributed by atoms with Crippen molar-refractivity contribution >= 4 is 44.6 Å². The zero-order valence-corrected chi connectivity index (χ0v) is 14.6. The van der Waals surface area contributed by atoms with Crippen molar-refractivity contribution in [3.63, 3.8) is 0 Å². The molecule has 10 nitrogen and oxygen atoms in total. The van der Waals surface area contributed by atoms with Crippen LogP contribution < -0.4 is 10.0 Å². The van der Waals surface area contributed by atoms with Crippen LogP contribution in [-0.2, 0) is 10.0 Å². The number of carbonyl (C=O) groups is 1. The number of sulfonamides is 1. The van der Waals surface area contributed by atoms with Gasteiger partial charge in [-0.1, -0.05) is 11.6 Å². The molecule has 0 aliphatic rings. The molecule has 2 aromatic carbocycles. The summed E-state index contributed by atoms with van der Waals surface area (Å²) < 4.78 is 24.6. The van der Waals surface area contributed by atoms with Gasteiger partial charge in [-0.05, 0) is 24.3 Å². The predicted octanol–water partition coefficient (Wildman–Crippen LogP) is 2.28. The summed E-state index contributed by atoms with van der Waals surface area (Å²) in [5.41, 5.74) is -1.39. The highest BCUT2D eigenvalue weighted by molar-refractivity contribution is 7.92. The number of phenolic OH excluding ortho intramolecular Hbond substituents is 2. The van der Waals surface area contributed by atoms with E-state index in [1.807, 2.05) is 0 Å². The molecule has 2 rings (SSSR count). The standard InChI is InChI=1S/C14H12ClN3O7S/c1-26(24,25)17-8-2-3-12(19)9(6-8)14(21)16-10-4-7(15)5-11(13(10)20)18(22)23/h2-6,17,19-20H,1H3,(H,16,21). The Kier molecular flexibility index (Phi) is 5.23. The molecule has 0 saturated carbocycles. The lowest BCUT2D eigenvalue weighted by Gasteiger charge is -2.11. The number of halogens is 1. The lowest BCUT2D eigenvalue weighted by molar-refractivity contribution is -0.385. The predicted molar refractivity (Wildman–Crippen MR) is 94.3 cm³/mol. The fourth-order valence-corrected chi connectivity index (χ4v) is 2.77. The highest BCUT2D eigenvalue weighted by atomic mass is 35.5. The second-order valence-corrected chi connectivity index (χ2v) is 7.32. The number of nitrogens with zero attached hydrogens (tertiary/aromatic N) is 1. The maximum Gasteiger partial charge on any atom is 0.314 e. The zero-order valence-electron chi connectivity index (χ0n) is 13.1. The normalized spacial score (nSPS) is 11.0. The van der Waals surface area contributed by atoms with Crippen LogP contribution in [0.4, 0.5) is 17.1 Å². The molecule has 0 radical (unpaired) electrons. The molecule has 138 valence electrons. The van der Waals surface area contributed by atoms with Crippen LogP contribution in [0.15, 0.2) is 30.3 Å². The Morgan fingerprint density at radius 1 is 1.23 bits per heavy atom. The number of anilines is 2. The van der Waals surface area contributed by atoms with Crippen LogP contribution in [0, 0.1) is 10.1 Å². The van der Waals surface area contributed by atoms with Crippen LogP contribution in [0.5, 0.6) is 11.5 Å². The van der Waals surface area contributed by atoms with Crippen molar-refractivity contribution in [1.82, 2.24) is 0 Å². The third-order valence-corrected chi connectivity index (χ3v) is 3.87. The Morgan fingerprint density at radius 3 is 2.46 bits per heavy atom. The lowest BCUT2D eigenvalue weighted by atomic mass is 10.1. The number of aromatic hydroxyl groups is 2. The number of rotatable bonds is 5. The highest BCUT2D eigenvalue weighted by Crippen LogP contribution is 2.37. The molecular weight excluding hydrogens is 390 g/mol. The Bertz CT molecular complexity index is 1010. The van der Waals surface area contributed by atoms with Crippen molar-refractivity contribution in [2.45, 2.75) is 0 Å². The van der Waals surface area contributed by atoms with Gasteiger partial charge in [-0.3, -0.25) is 19.6 Å². The van der Waals surface area contributed by atoms with Crippen molar-refractivity contribution in [3.05, 3.63) is 51.0 Å². The largest absolute Gasteiger partial charge is 0.507 e. The maximum atomic E-state index is 12.3. The van der Waals surface area contributed by atoms with Gasteiger partial charge in [0.25, 0.3) is 5.91 Å². The van der Waals surface area contributed by atoms with Gasteiger partial charge in [0.05, 0.1) is 22.4 Å². The van der Waals surface area contributed by atoms with Crippen molar-refractivity contribution in [1.29, 1.82) is 0 Å². The zero-order chi connectivity index (χ0) is 19.6. The third-order valence-electron chi connectivity index (χ3n) is 3.04. The fourth-order valence-electron chi connectivity index (χ4n) is 2.00. The van der Waals surface area contributed by atoms with Gasteiger partial charge in [0.15, 0.2) is 0 Å². The van der Waals surface area contributed by atoms with E-state index >= 15 is 0 Å². The van der Waals surface area contributed by atoms with E-state index in [1.54, 1.807) is 0 Å². The molecule has 0 unspecified atom stereocenters. The van der Waals surface area contributed by atoms with Gasteiger partial charge in [0.1, 0.15) is 5.75 Å². The molecule has 0 spiro atoms. The molecule has 26 heavy (non-hydrogen) atoms. The third kappa shape index (κ3) is 4.52. The number of amides is 1. The first-order chi connectivity index (χ1) is 12.0. The molecule has 1 amide bonds. The summed E-state index contributed by atoms with van der Waals surface area (Å²) in [6.07, 6.45) is 0.905. The Morgan fingerprint density at radius 2 is 1.88 bits per heavy atom. The summed E-state index contributed by atoms with van der Waals surface area (Å²) in [5.74, 6) is -2.25. The van der Waals surface area contributed by atoms with Crippen molar-refractivity contribution in [3.8, 4) is 11.5 Å². The van der Waals surface area contributed by atoms with Gasteiger partial charge in [-0.2, -0.15) is 0 Å². The molecule has 4 N–H and O–H groups in total. The molecule has 0 fully saturated rings. The van der Waals surface area contributed by atoms with Gasteiger partial charge >= 0.3 is 5.69 Å². The van der Waals surface area contributed by atoms with Crippen LogP contribution in [0.25, 0.3) is 0 Å². The second-order valence-electron chi connectivity index (χ2n) is 5.14. The first kappa shape index (κ1) is 19.3. The summed E-state index contributed by atoms with van der Waals surface area (Å²) in [6.45, 7) is 0. The molecule has 0 heterocycles. The monoisotopic (exact) mass is 401 g/mol. The van der Waals surface area contributed by atoms with E-state index in [0.717, 1.165) is 30.5 Å². The van der Waals surface area contributed by atoms with E-state index in [-0.39, 0.29) is 22.0 Å². The molecule has 0 aromatic heterocycles. The fraction of sp³-hybridized carbons (Fsp3) is 0.0714. The van der Waals surface area contributed by atoms with Gasteiger partial charge in [-0.25, -0.2) is 8.42 Å². The summed E-state index contributed by atoms with van der Waals surface area (Å²) in [7, 11) is -3.61. The second kappa shape index (κ2) is 7.06. The van der Waals surface area contributed by atoms with Crippen LogP contribution in [0.1, 0.15) is 10.4 Å². The average Bonchev–Trinajstić information content (AvgIpc) is 2.50. The first-order valence-electron chi connectivity index (χ1n) is 6.77. The number of benzene rings is 2. The first-order valence-corrected chi connectivity index (χ1v) is 9.04. The molecular formula is C14H12ClN3O7S. The van der Waals surface area contributed by atoms with Crippen LogP contribution in [0.3, 0.4) is 0 Å². The van der Waals surface area contributed by atoms with E-state index < -0.39 is 38.0 Å². The number of hydrogen-bond acceptors (Lipinski definition) is 7. The number of phenols is 2. The number of nitrogens with one attached hydrogen (secondary N) is 2. The molecule has 0 saturated heterocycles. The molecule has 0 aliphatic carbocycles. The van der Waals surface area contributed by atoms with Crippen molar-refractivity contribution in [2.24, 2.45) is 0 Å². The van der Waals surface area contributed by atoms with E-state index in [0.29, 0.717) is 0 Å². The maximum absolute atomic E-state index is 12.3. The van der Waals surface area contributed by atoms with Gasteiger partial charge in [-0.15, -0.1) is 0 Å². The topological polar surface area (TPSA) is 159 Å². The highest BCUT2D eigenvalue weighted by Gasteiger charge is 2.22. The van der Waals surface area contributed by atoms with E-state index in [9.17, 15) is 33.5 Å². The van der Waals surface area contributed by atoms with E-state index in [4.69, 9.17) is 11.6 Å².